The van der Waals surface area contributed by atoms with Gasteiger partial charge in [0.25, 0.3) is 5.56 Å². The highest BCUT2D eigenvalue weighted by Crippen LogP contribution is 1.94. The van der Waals surface area contributed by atoms with Crippen molar-refractivity contribution in [2.45, 2.75) is 27.0 Å². The number of hydrogen-bond acceptors (Lipinski definition) is 3. The van der Waals surface area contributed by atoms with E-state index in [4.69, 9.17) is 5.11 Å². The molecule has 0 saturated heterocycles. The van der Waals surface area contributed by atoms with E-state index in [1.54, 1.807) is 13.0 Å². The number of aromatic nitrogens is 2. The van der Waals surface area contributed by atoms with Crippen molar-refractivity contribution < 1.29 is 5.11 Å². The van der Waals surface area contributed by atoms with Gasteiger partial charge in [0.05, 0.1) is 12.3 Å². The van der Waals surface area contributed by atoms with Gasteiger partial charge < -0.3 is 5.11 Å². The molecule has 0 spiro atoms. The Bertz CT molecular complexity index is 302. The molecule has 1 aromatic heterocycles. The van der Waals surface area contributed by atoms with Crippen LogP contribution in [0.15, 0.2) is 10.9 Å². The number of nitrogens with zero attached hydrogens (tertiary/aromatic N) is 2. The van der Waals surface area contributed by atoms with Crippen molar-refractivity contribution in [2.24, 2.45) is 0 Å². The zero-order chi connectivity index (χ0) is 9.14. The van der Waals surface area contributed by atoms with Crippen LogP contribution in [0.1, 0.15) is 18.2 Å². The second-order valence-corrected chi connectivity index (χ2v) is 2.59. The van der Waals surface area contributed by atoms with Crippen LogP contribution >= 0.6 is 0 Å². The van der Waals surface area contributed by atoms with Crippen molar-refractivity contribution in [1.29, 1.82) is 0 Å². The lowest BCUT2D eigenvalue weighted by molar-refractivity contribution is 0.278. The van der Waals surface area contributed by atoms with Gasteiger partial charge in [-0.25, -0.2) is 4.68 Å². The Morgan fingerprint density at radius 3 is 2.83 bits per heavy atom. The standard InChI is InChI=1S/C8H12N2O2/c1-3-10-8(12)7(5-11)4-6(2)9-10/h4,11H,3,5H2,1-2H3. The first-order chi connectivity index (χ1) is 5.69. The predicted octanol–water partition coefficient (Wildman–Crippen LogP) is 0.0639. The molecule has 0 bridgehead atoms. The molecular formula is C8H12N2O2. The molecule has 12 heavy (non-hydrogen) atoms. The lowest BCUT2D eigenvalue weighted by atomic mass is 10.3. The van der Waals surface area contributed by atoms with Gasteiger partial charge in [-0.1, -0.05) is 0 Å². The molecule has 0 radical (unpaired) electrons. The highest BCUT2D eigenvalue weighted by atomic mass is 16.3. The second kappa shape index (κ2) is 3.49. The monoisotopic (exact) mass is 168 g/mol. The smallest absolute Gasteiger partial charge is 0.272 e. The van der Waals surface area contributed by atoms with Crippen LogP contribution in [0.5, 0.6) is 0 Å². The molecular weight excluding hydrogens is 156 g/mol. The predicted molar refractivity (Wildman–Crippen MR) is 44.8 cm³/mol. The van der Waals surface area contributed by atoms with Crippen LogP contribution in [-0.4, -0.2) is 14.9 Å². The Kier molecular flexibility index (Phi) is 2.60. The van der Waals surface area contributed by atoms with Gasteiger partial charge in [0.15, 0.2) is 0 Å². The average molecular weight is 168 g/mol. The Balaban J connectivity index is 3.32. The third-order valence-corrected chi connectivity index (χ3v) is 1.64. The molecule has 1 heterocycles. The fourth-order valence-corrected chi connectivity index (χ4v) is 1.07. The van der Waals surface area contributed by atoms with E-state index in [2.05, 4.69) is 5.10 Å². The lowest BCUT2D eigenvalue weighted by Gasteiger charge is -2.03. The van der Waals surface area contributed by atoms with E-state index in [0.717, 1.165) is 5.69 Å². The first kappa shape index (κ1) is 8.93. The van der Waals surface area contributed by atoms with Crippen molar-refractivity contribution in [3.63, 3.8) is 0 Å². The lowest BCUT2D eigenvalue weighted by Crippen LogP contribution is -2.26. The first-order valence-corrected chi connectivity index (χ1v) is 3.87. The number of aliphatic hydroxyl groups excluding tert-OH is 1. The van der Waals surface area contributed by atoms with Crippen molar-refractivity contribution in [1.82, 2.24) is 9.78 Å². The summed E-state index contributed by atoms with van der Waals surface area (Å²) in [4.78, 5) is 11.3. The van der Waals surface area contributed by atoms with Crippen LogP contribution in [0.2, 0.25) is 0 Å². The number of aliphatic hydroxyl groups is 1. The van der Waals surface area contributed by atoms with E-state index in [1.165, 1.54) is 4.68 Å². The largest absolute Gasteiger partial charge is 0.391 e. The zero-order valence-electron chi connectivity index (χ0n) is 7.24. The van der Waals surface area contributed by atoms with Gasteiger partial charge in [-0.2, -0.15) is 5.10 Å². The topological polar surface area (TPSA) is 55.1 Å². The molecule has 0 unspecified atom stereocenters. The molecule has 0 aliphatic rings. The summed E-state index contributed by atoms with van der Waals surface area (Å²) in [7, 11) is 0. The molecule has 0 aliphatic heterocycles. The third kappa shape index (κ3) is 1.53. The highest BCUT2D eigenvalue weighted by Gasteiger charge is 2.02. The minimum absolute atomic E-state index is 0.203. The molecule has 0 fully saturated rings. The van der Waals surface area contributed by atoms with Crippen LogP contribution < -0.4 is 5.56 Å². The van der Waals surface area contributed by atoms with Gasteiger partial charge >= 0.3 is 0 Å². The second-order valence-electron chi connectivity index (χ2n) is 2.59. The summed E-state index contributed by atoms with van der Waals surface area (Å²) in [6, 6.07) is 1.61. The third-order valence-electron chi connectivity index (χ3n) is 1.64. The van der Waals surface area contributed by atoms with E-state index in [9.17, 15) is 4.79 Å². The molecule has 66 valence electrons. The quantitative estimate of drug-likeness (QED) is 0.679. The van der Waals surface area contributed by atoms with Crippen molar-refractivity contribution in [3.8, 4) is 0 Å². The van der Waals surface area contributed by atoms with Gasteiger partial charge in [-0.05, 0) is 19.9 Å². The SMILES string of the molecule is CCn1nc(C)cc(CO)c1=O. The highest BCUT2D eigenvalue weighted by molar-refractivity contribution is 5.11. The zero-order valence-corrected chi connectivity index (χ0v) is 7.24. The van der Waals surface area contributed by atoms with E-state index in [-0.39, 0.29) is 12.2 Å². The number of rotatable bonds is 2. The maximum Gasteiger partial charge on any atom is 0.272 e. The van der Waals surface area contributed by atoms with Gasteiger partial charge in [-0.15, -0.1) is 0 Å². The minimum Gasteiger partial charge on any atom is -0.391 e. The number of hydrogen-bond donors (Lipinski definition) is 1. The summed E-state index contributed by atoms with van der Waals surface area (Å²) in [5.41, 5.74) is 0.954. The molecule has 0 atom stereocenters. The van der Waals surface area contributed by atoms with Gasteiger partial charge in [0, 0.05) is 12.1 Å². The van der Waals surface area contributed by atoms with Gasteiger partial charge in [0.1, 0.15) is 0 Å². The Morgan fingerprint density at radius 2 is 2.33 bits per heavy atom. The van der Waals surface area contributed by atoms with Crippen LogP contribution in [0.3, 0.4) is 0 Å². The van der Waals surface area contributed by atoms with Crippen molar-refractivity contribution in [2.75, 3.05) is 0 Å². The van der Waals surface area contributed by atoms with Crippen molar-refractivity contribution >= 4 is 0 Å². The maximum atomic E-state index is 11.3. The van der Waals surface area contributed by atoms with Gasteiger partial charge in [-0.3, -0.25) is 4.79 Å². The van der Waals surface area contributed by atoms with Crippen LogP contribution in [-0.2, 0) is 13.2 Å². The minimum atomic E-state index is -0.220. The summed E-state index contributed by atoms with van der Waals surface area (Å²) in [5, 5.41) is 12.8. The van der Waals surface area contributed by atoms with Crippen LogP contribution in [0.4, 0.5) is 0 Å². The van der Waals surface area contributed by atoms with Crippen LogP contribution in [0, 0.1) is 6.92 Å². The Morgan fingerprint density at radius 1 is 1.67 bits per heavy atom. The molecule has 4 heteroatoms. The molecule has 1 N–H and O–H groups in total. The molecule has 0 aromatic carbocycles. The normalized spacial score (nSPS) is 10.2. The van der Waals surface area contributed by atoms with Crippen LogP contribution in [0.25, 0.3) is 0 Å². The average Bonchev–Trinajstić information content (AvgIpc) is 2.08. The number of aryl methyl sites for hydroxylation is 2. The Hall–Kier alpha value is -1.16. The molecule has 4 nitrogen and oxygen atoms in total. The molecule has 1 aromatic rings. The summed E-state index contributed by atoms with van der Waals surface area (Å²) in [5.74, 6) is 0. The van der Waals surface area contributed by atoms with Crippen molar-refractivity contribution in [3.05, 3.63) is 27.7 Å². The fraction of sp³-hybridized carbons (Fsp3) is 0.500. The molecule has 1 rings (SSSR count). The van der Waals surface area contributed by atoms with E-state index in [0.29, 0.717) is 12.1 Å². The molecule has 0 aliphatic carbocycles. The first-order valence-electron chi connectivity index (χ1n) is 3.87. The summed E-state index contributed by atoms with van der Waals surface area (Å²) in [6.45, 7) is 3.95. The van der Waals surface area contributed by atoms with E-state index >= 15 is 0 Å². The molecule has 0 saturated carbocycles. The molecule has 0 amide bonds. The summed E-state index contributed by atoms with van der Waals surface area (Å²) in [6.07, 6.45) is 0. The van der Waals surface area contributed by atoms with Gasteiger partial charge in [0.2, 0.25) is 0 Å². The fourth-order valence-electron chi connectivity index (χ4n) is 1.07. The Labute approximate surface area is 70.5 Å². The van der Waals surface area contributed by atoms with E-state index in [1.807, 2.05) is 6.92 Å². The summed E-state index contributed by atoms with van der Waals surface area (Å²) < 4.78 is 1.35. The van der Waals surface area contributed by atoms with E-state index < -0.39 is 0 Å². The summed E-state index contributed by atoms with van der Waals surface area (Å²) >= 11 is 0. The maximum absolute atomic E-state index is 11.3.